The van der Waals surface area contributed by atoms with Gasteiger partial charge in [0.25, 0.3) is 0 Å². The van der Waals surface area contributed by atoms with Gasteiger partial charge in [-0.05, 0) is 36.8 Å². The second-order valence-electron chi connectivity index (χ2n) is 4.71. The Kier molecular flexibility index (Phi) is 3.85. The topological polar surface area (TPSA) is 46.3 Å². The summed E-state index contributed by atoms with van der Waals surface area (Å²) < 4.78 is 0. The van der Waals surface area contributed by atoms with E-state index >= 15 is 0 Å². The normalized spacial score (nSPS) is 10.2. The number of aryl methyl sites for hydroxylation is 1. The van der Waals surface area contributed by atoms with Crippen molar-refractivity contribution in [2.75, 3.05) is 17.7 Å². The summed E-state index contributed by atoms with van der Waals surface area (Å²) >= 11 is 0. The molecule has 0 unspecified atom stereocenters. The minimum Gasteiger partial charge on any atom is -0.399 e. The summed E-state index contributed by atoms with van der Waals surface area (Å²) in [5, 5.41) is 0. The number of carbonyl (C=O) groups is 1. The predicted octanol–water partition coefficient (Wildman–Crippen LogP) is 2.78. The van der Waals surface area contributed by atoms with E-state index in [-0.39, 0.29) is 5.91 Å². The van der Waals surface area contributed by atoms with E-state index in [1.165, 1.54) is 5.56 Å². The number of carbonyl (C=O) groups excluding carboxylic acids is 1. The SMILES string of the molecule is Cc1ccc(CC(=O)N(C)c2ccc(N)cc2)cc1. The zero-order chi connectivity index (χ0) is 13.8. The molecule has 2 rings (SSSR count). The van der Waals surface area contributed by atoms with Gasteiger partial charge in [-0.25, -0.2) is 0 Å². The lowest BCUT2D eigenvalue weighted by molar-refractivity contribution is -0.117. The molecule has 0 radical (unpaired) electrons. The van der Waals surface area contributed by atoms with Crippen LogP contribution in [0.5, 0.6) is 0 Å². The number of benzene rings is 2. The highest BCUT2D eigenvalue weighted by molar-refractivity contribution is 5.94. The smallest absolute Gasteiger partial charge is 0.231 e. The molecule has 2 N–H and O–H groups in total. The third kappa shape index (κ3) is 3.35. The number of rotatable bonds is 3. The fourth-order valence-electron chi connectivity index (χ4n) is 1.84. The number of hydrogen-bond acceptors (Lipinski definition) is 2. The summed E-state index contributed by atoms with van der Waals surface area (Å²) in [4.78, 5) is 13.8. The molecule has 0 saturated carbocycles. The van der Waals surface area contributed by atoms with Crippen LogP contribution in [0.1, 0.15) is 11.1 Å². The van der Waals surface area contributed by atoms with Gasteiger partial charge in [0.1, 0.15) is 0 Å². The minimum atomic E-state index is 0.0635. The van der Waals surface area contributed by atoms with Crippen LogP contribution in [0.15, 0.2) is 48.5 Å². The van der Waals surface area contributed by atoms with E-state index in [1.807, 2.05) is 43.3 Å². The number of nitrogens with two attached hydrogens (primary N) is 1. The molecule has 0 saturated heterocycles. The summed E-state index contributed by atoms with van der Waals surface area (Å²) in [6, 6.07) is 15.3. The van der Waals surface area contributed by atoms with Gasteiger partial charge in [0, 0.05) is 18.4 Å². The average molecular weight is 254 g/mol. The second kappa shape index (κ2) is 5.57. The van der Waals surface area contributed by atoms with Crippen molar-refractivity contribution in [3.63, 3.8) is 0 Å². The Morgan fingerprint density at radius 3 is 2.21 bits per heavy atom. The molecule has 0 heterocycles. The molecular weight excluding hydrogens is 236 g/mol. The number of hydrogen-bond donors (Lipinski definition) is 1. The molecule has 3 heteroatoms. The first kappa shape index (κ1) is 13.1. The van der Waals surface area contributed by atoms with E-state index in [4.69, 9.17) is 5.73 Å². The van der Waals surface area contributed by atoms with Crippen LogP contribution in [0.4, 0.5) is 11.4 Å². The Morgan fingerprint density at radius 1 is 1.05 bits per heavy atom. The zero-order valence-electron chi connectivity index (χ0n) is 11.3. The predicted molar refractivity (Wildman–Crippen MR) is 79.1 cm³/mol. The quantitative estimate of drug-likeness (QED) is 0.856. The van der Waals surface area contributed by atoms with Gasteiger partial charge in [-0.1, -0.05) is 29.8 Å². The molecule has 0 spiro atoms. The van der Waals surface area contributed by atoms with Gasteiger partial charge < -0.3 is 10.6 Å². The lowest BCUT2D eigenvalue weighted by atomic mass is 10.1. The molecular formula is C16H18N2O. The van der Waals surface area contributed by atoms with E-state index < -0.39 is 0 Å². The highest BCUT2D eigenvalue weighted by Crippen LogP contribution is 2.16. The third-order valence-electron chi connectivity index (χ3n) is 3.13. The van der Waals surface area contributed by atoms with Crippen LogP contribution in [0, 0.1) is 6.92 Å². The van der Waals surface area contributed by atoms with Gasteiger partial charge in [-0.15, -0.1) is 0 Å². The number of amides is 1. The molecule has 0 fully saturated rings. The molecule has 19 heavy (non-hydrogen) atoms. The minimum absolute atomic E-state index is 0.0635. The first-order valence-electron chi connectivity index (χ1n) is 6.24. The molecule has 0 aliphatic carbocycles. The molecule has 0 atom stereocenters. The summed E-state index contributed by atoms with van der Waals surface area (Å²) in [5.41, 5.74) is 9.41. The Labute approximate surface area is 113 Å². The molecule has 0 aliphatic heterocycles. The molecule has 2 aromatic carbocycles. The maximum atomic E-state index is 12.2. The maximum Gasteiger partial charge on any atom is 0.231 e. The monoisotopic (exact) mass is 254 g/mol. The Bertz CT molecular complexity index is 558. The van der Waals surface area contributed by atoms with Crippen LogP contribution in [0.2, 0.25) is 0 Å². The van der Waals surface area contributed by atoms with E-state index in [2.05, 4.69) is 0 Å². The van der Waals surface area contributed by atoms with Gasteiger partial charge in [0.15, 0.2) is 0 Å². The summed E-state index contributed by atoms with van der Waals surface area (Å²) in [6.07, 6.45) is 0.404. The Hall–Kier alpha value is -2.29. The van der Waals surface area contributed by atoms with E-state index in [0.717, 1.165) is 11.3 Å². The molecule has 98 valence electrons. The molecule has 2 aromatic rings. The average Bonchev–Trinajstić information content (AvgIpc) is 2.41. The van der Waals surface area contributed by atoms with Gasteiger partial charge in [0.2, 0.25) is 5.91 Å². The Morgan fingerprint density at radius 2 is 1.63 bits per heavy atom. The van der Waals surface area contributed by atoms with Crippen LogP contribution in [-0.4, -0.2) is 13.0 Å². The van der Waals surface area contributed by atoms with Crippen LogP contribution in [0.25, 0.3) is 0 Å². The summed E-state index contributed by atoms with van der Waals surface area (Å²) in [5.74, 6) is 0.0635. The molecule has 0 bridgehead atoms. The first-order valence-corrected chi connectivity index (χ1v) is 6.24. The van der Waals surface area contributed by atoms with Crippen molar-refractivity contribution >= 4 is 17.3 Å². The van der Waals surface area contributed by atoms with Crippen molar-refractivity contribution in [3.05, 3.63) is 59.7 Å². The van der Waals surface area contributed by atoms with Gasteiger partial charge in [0.05, 0.1) is 6.42 Å². The third-order valence-corrected chi connectivity index (χ3v) is 3.13. The van der Waals surface area contributed by atoms with Crippen molar-refractivity contribution in [3.8, 4) is 0 Å². The largest absolute Gasteiger partial charge is 0.399 e. The van der Waals surface area contributed by atoms with Crippen LogP contribution in [0.3, 0.4) is 0 Å². The van der Waals surface area contributed by atoms with Crippen LogP contribution >= 0.6 is 0 Å². The second-order valence-corrected chi connectivity index (χ2v) is 4.71. The standard InChI is InChI=1S/C16H18N2O/c1-12-3-5-13(6-4-12)11-16(19)18(2)15-9-7-14(17)8-10-15/h3-10H,11,17H2,1-2H3. The molecule has 1 amide bonds. The van der Waals surface area contributed by atoms with Gasteiger partial charge in [-0.2, -0.15) is 0 Å². The fraction of sp³-hybridized carbons (Fsp3) is 0.188. The van der Waals surface area contributed by atoms with Crippen molar-refractivity contribution < 1.29 is 4.79 Å². The van der Waals surface area contributed by atoms with Crippen molar-refractivity contribution in [1.29, 1.82) is 0 Å². The number of nitrogen functional groups attached to an aromatic ring is 1. The van der Waals surface area contributed by atoms with Crippen LogP contribution in [-0.2, 0) is 11.2 Å². The Balaban J connectivity index is 2.07. The molecule has 0 aliphatic rings. The van der Waals surface area contributed by atoms with Crippen molar-refractivity contribution in [1.82, 2.24) is 0 Å². The van der Waals surface area contributed by atoms with E-state index in [0.29, 0.717) is 12.1 Å². The lowest BCUT2D eigenvalue weighted by Crippen LogP contribution is -2.27. The van der Waals surface area contributed by atoms with Gasteiger partial charge in [-0.3, -0.25) is 4.79 Å². The first-order chi connectivity index (χ1) is 9.06. The zero-order valence-corrected chi connectivity index (χ0v) is 11.3. The van der Waals surface area contributed by atoms with E-state index in [9.17, 15) is 4.79 Å². The summed E-state index contributed by atoms with van der Waals surface area (Å²) in [6.45, 7) is 2.03. The molecule has 0 aromatic heterocycles. The van der Waals surface area contributed by atoms with Gasteiger partial charge >= 0.3 is 0 Å². The number of nitrogens with zero attached hydrogens (tertiary/aromatic N) is 1. The highest BCUT2D eigenvalue weighted by atomic mass is 16.2. The number of likely N-dealkylation sites (N-methyl/N-ethyl adjacent to an activating group) is 1. The number of anilines is 2. The van der Waals surface area contributed by atoms with Crippen molar-refractivity contribution in [2.24, 2.45) is 0 Å². The summed E-state index contributed by atoms with van der Waals surface area (Å²) in [7, 11) is 1.78. The van der Waals surface area contributed by atoms with Crippen molar-refractivity contribution in [2.45, 2.75) is 13.3 Å². The fourth-order valence-corrected chi connectivity index (χ4v) is 1.84. The van der Waals surface area contributed by atoms with Crippen LogP contribution < -0.4 is 10.6 Å². The lowest BCUT2D eigenvalue weighted by Gasteiger charge is -2.17. The highest BCUT2D eigenvalue weighted by Gasteiger charge is 2.11. The molecule has 3 nitrogen and oxygen atoms in total. The maximum absolute atomic E-state index is 12.2. The van der Waals surface area contributed by atoms with E-state index in [1.54, 1.807) is 24.1 Å².